The third-order valence-electron chi connectivity index (χ3n) is 3.37. The van der Waals surface area contributed by atoms with Gasteiger partial charge in [0.15, 0.2) is 0 Å². The molecule has 1 aliphatic rings. The number of hydrogen-bond donors (Lipinski definition) is 4. The number of nitrogens with two attached hydrogens (primary N) is 1. The van der Waals surface area contributed by atoms with E-state index in [4.69, 9.17) is 10.9 Å². The summed E-state index contributed by atoms with van der Waals surface area (Å²) in [5.74, 6) is -0.349. The van der Waals surface area contributed by atoms with Gasteiger partial charge in [-0.15, -0.1) is 0 Å². The maximum atomic E-state index is 12.0. The average molecular weight is 264 g/mol. The number of amidine groups is 1. The first-order chi connectivity index (χ1) is 9.11. The van der Waals surface area contributed by atoms with Gasteiger partial charge in [-0.25, -0.2) is 0 Å². The van der Waals surface area contributed by atoms with Crippen LogP contribution in [0.4, 0.5) is 0 Å². The van der Waals surface area contributed by atoms with Gasteiger partial charge < -0.3 is 21.2 Å². The van der Waals surface area contributed by atoms with Crippen molar-refractivity contribution in [3.8, 4) is 0 Å². The monoisotopic (exact) mass is 264 g/mol. The molecule has 5 N–H and O–H groups in total. The van der Waals surface area contributed by atoms with Crippen molar-refractivity contribution in [1.29, 1.82) is 0 Å². The molecule has 1 amide bonds. The summed E-state index contributed by atoms with van der Waals surface area (Å²) in [4.78, 5) is 25.6. The van der Waals surface area contributed by atoms with Crippen molar-refractivity contribution in [3.05, 3.63) is 34.2 Å². The lowest BCUT2D eigenvalue weighted by molar-refractivity contribution is 0.0933. The molecule has 1 saturated carbocycles. The van der Waals surface area contributed by atoms with Gasteiger partial charge in [0.1, 0.15) is 5.84 Å². The molecule has 1 heterocycles. The summed E-state index contributed by atoms with van der Waals surface area (Å²) < 4.78 is 0. The van der Waals surface area contributed by atoms with E-state index >= 15 is 0 Å². The number of pyridine rings is 1. The first-order valence-electron chi connectivity index (χ1n) is 6.09. The van der Waals surface area contributed by atoms with Crippen molar-refractivity contribution in [1.82, 2.24) is 10.3 Å². The summed E-state index contributed by atoms with van der Waals surface area (Å²) in [6.45, 7) is 0. The summed E-state index contributed by atoms with van der Waals surface area (Å²) in [6.07, 6.45) is 3.88. The predicted octanol–water partition coefficient (Wildman–Crippen LogP) is 0.0198. The summed E-state index contributed by atoms with van der Waals surface area (Å²) in [5, 5.41) is 14.5. The van der Waals surface area contributed by atoms with Gasteiger partial charge in [-0.1, -0.05) is 11.6 Å². The van der Waals surface area contributed by atoms with E-state index in [0.29, 0.717) is 5.56 Å². The Morgan fingerprint density at radius 3 is 3.00 bits per heavy atom. The predicted molar refractivity (Wildman–Crippen MR) is 69.1 cm³/mol. The fourth-order valence-electron chi connectivity index (χ4n) is 2.40. The van der Waals surface area contributed by atoms with Gasteiger partial charge in [0.05, 0.1) is 0 Å². The minimum absolute atomic E-state index is 0.133. The Morgan fingerprint density at radius 2 is 2.32 bits per heavy atom. The van der Waals surface area contributed by atoms with Crippen LogP contribution in [0.1, 0.15) is 29.6 Å². The number of hydrogen-bond acceptors (Lipinski definition) is 4. The third kappa shape index (κ3) is 2.93. The molecule has 2 atom stereocenters. The highest BCUT2D eigenvalue weighted by molar-refractivity contribution is 5.94. The standard InChI is InChI=1S/C12H16N4O3/c13-11(16-19)8-2-1-3-9(8)15-12(18)7-4-5-14-10(17)6-7/h4-6,8-9,19H,1-3H2,(H2,13,16)(H,14,17)(H,15,18). The van der Waals surface area contributed by atoms with Crippen LogP contribution in [0.3, 0.4) is 0 Å². The van der Waals surface area contributed by atoms with Crippen LogP contribution in [0.2, 0.25) is 0 Å². The second-order valence-electron chi connectivity index (χ2n) is 4.58. The number of nitrogens with one attached hydrogen (secondary N) is 2. The number of rotatable bonds is 3. The zero-order chi connectivity index (χ0) is 13.8. The Labute approximate surface area is 109 Å². The highest BCUT2D eigenvalue weighted by atomic mass is 16.4. The number of amides is 1. The van der Waals surface area contributed by atoms with E-state index in [-0.39, 0.29) is 29.3 Å². The largest absolute Gasteiger partial charge is 0.409 e. The Kier molecular flexibility index (Phi) is 3.84. The molecule has 19 heavy (non-hydrogen) atoms. The molecule has 0 aromatic carbocycles. The van der Waals surface area contributed by atoms with Gasteiger partial charge >= 0.3 is 0 Å². The molecule has 1 aliphatic carbocycles. The van der Waals surface area contributed by atoms with E-state index in [1.54, 1.807) is 0 Å². The fourth-order valence-corrected chi connectivity index (χ4v) is 2.40. The highest BCUT2D eigenvalue weighted by Gasteiger charge is 2.31. The Morgan fingerprint density at radius 1 is 1.53 bits per heavy atom. The van der Waals surface area contributed by atoms with Gasteiger partial charge in [0.25, 0.3) is 5.91 Å². The normalized spacial score (nSPS) is 23.3. The topological polar surface area (TPSA) is 121 Å². The minimum Gasteiger partial charge on any atom is -0.409 e. The maximum Gasteiger partial charge on any atom is 0.251 e. The molecule has 7 heteroatoms. The molecule has 0 radical (unpaired) electrons. The van der Waals surface area contributed by atoms with Crippen molar-refractivity contribution in [2.45, 2.75) is 25.3 Å². The van der Waals surface area contributed by atoms with Crippen molar-refractivity contribution >= 4 is 11.7 Å². The molecule has 0 spiro atoms. The van der Waals surface area contributed by atoms with Gasteiger partial charge in [-0.05, 0) is 18.9 Å². The lowest BCUT2D eigenvalue weighted by Crippen LogP contribution is -2.42. The lowest BCUT2D eigenvalue weighted by Gasteiger charge is -2.19. The number of carbonyl (C=O) groups is 1. The first-order valence-corrected chi connectivity index (χ1v) is 6.09. The van der Waals surface area contributed by atoms with Gasteiger partial charge in [-0.3, -0.25) is 9.59 Å². The van der Waals surface area contributed by atoms with E-state index < -0.39 is 0 Å². The molecule has 1 aromatic rings. The van der Waals surface area contributed by atoms with Gasteiger partial charge in [0, 0.05) is 29.8 Å². The second kappa shape index (κ2) is 5.55. The molecule has 1 fully saturated rings. The molecule has 1 aromatic heterocycles. The summed E-state index contributed by atoms with van der Waals surface area (Å²) in [7, 11) is 0. The van der Waals surface area contributed by atoms with Crippen LogP contribution in [-0.4, -0.2) is 28.0 Å². The zero-order valence-electron chi connectivity index (χ0n) is 10.3. The van der Waals surface area contributed by atoms with E-state index in [0.717, 1.165) is 19.3 Å². The smallest absolute Gasteiger partial charge is 0.251 e. The fraction of sp³-hybridized carbons (Fsp3) is 0.417. The van der Waals surface area contributed by atoms with E-state index in [1.807, 2.05) is 0 Å². The van der Waals surface area contributed by atoms with Crippen molar-refractivity contribution in [3.63, 3.8) is 0 Å². The minimum atomic E-state index is -0.327. The molecule has 0 saturated heterocycles. The molecular weight excluding hydrogens is 248 g/mol. The molecule has 2 rings (SSSR count). The number of carbonyl (C=O) groups excluding carboxylic acids is 1. The van der Waals surface area contributed by atoms with Gasteiger partial charge in [0.2, 0.25) is 5.56 Å². The Balaban J connectivity index is 2.08. The number of oxime groups is 1. The SMILES string of the molecule is N/C(=N/O)C1CCCC1NC(=O)c1cc[nH]c(=O)c1. The maximum absolute atomic E-state index is 12.0. The Bertz CT molecular complexity index is 552. The summed E-state index contributed by atoms with van der Waals surface area (Å²) in [5.41, 5.74) is 5.57. The molecular formula is C12H16N4O3. The van der Waals surface area contributed by atoms with E-state index in [1.165, 1.54) is 18.3 Å². The van der Waals surface area contributed by atoms with Crippen LogP contribution >= 0.6 is 0 Å². The van der Waals surface area contributed by atoms with Crippen LogP contribution in [0.5, 0.6) is 0 Å². The summed E-state index contributed by atoms with van der Waals surface area (Å²) in [6, 6.07) is 2.61. The quantitative estimate of drug-likeness (QED) is 0.266. The molecule has 0 bridgehead atoms. The van der Waals surface area contributed by atoms with E-state index in [2.05, 4.69) is 15.5 Å². The second-order valence-corrected chi connectivity index (χ2v) is 4.58. The average Bonchev–Trinajstić information content (AvgIpc) is 2.86. The van der Waals surface area contributed by atoms with Crippen molar-refractivity contribution in [2.75, 3.05) is 0 Å². The molecule has 102 valence electrons. The van der Waals surface area contributed by atoms with E-state index in [9.17, 15) is 9.59 Å². The summed E-state index contributed by atoms with van der Waals surface area (Å²) >= 11 is 0. The van der Waals surface area contributed by atoms with Crippen LogP contribution in [0.15, 0.2) is 28.3 Å². The van der Waals surface area contributed by atoms with Crippen molar-refractivity contribution in [2.24, 2.45) is 16.8 Å². The van der Waals surface area contributed by atoms with Crippen molar-refractivity contribution < 1.29 is 10.0 Å². The first kappa shape index (κ1) is 13.1. The lowest BCUT2D eigenvalue weighted by atomic mass is 10.0. The number of nitrogens with zero attached hydrogens (tertiary/aromatic N) is 1. The third-order valence-corrected chi connectivity index (χ3v) is 3.37. The molecule has 0 aliphatic heterocycles. The Hall–Kier alpha value is -2.31. The van der Waals surface area contributed by atoms with Crippen LogP contribution in [-0.2, 0) is 0 Å². The zero-order valence-corrected chi connectivity index (χ0v) is 10.3. The highest BCUT2D eigenvalue weighted by Crippen LogP contribution is 2.26. The number of H-pyrrole nitrogens is 1. The number of aromatic amines is 1. The van der Waals surface area contributed by atoms with Crippen LogP contribution in [0, 0.1) is 5.92 Å². The van der Waals surface area contributed by atoms with Crippen LogP contribution < -0.4 is 16.6 Å². The van der Waals surface area contributed by atoms with Gasteiger partial charge in [-0.2, -0.15) is 0 Å². The molecule has 7 nitrogen and oxygen atoms in total. The number of aromatic nitrogens is 1. The molecule has 2 unspecified atom stereocenters. The van der Waals surface area contributed by atoms with Crippen LogP contribution in [0.25, 0.3) is 0 Å².